The molecule has 0 fully saturated rings. The summed E-state index contributed by atoms with van der Waals surface area (Å²) < 4.78 is 47.8. The van der Waals surface area contributed by atoms with Crippen LogP contribution in [0, 0.1) is 0 Å². The molecule has 1 N–H and O–H groups in total. The van der Waals surface area contributed by atoms with Gasteiger partial charge in [0.25, 0.3) is 5.91 Å². The molecule has 1 atom stereocenters. The maximum atomic E-state index is 12.3. The molecule has 1 heterocycles. The lowest BCUT2D eigenvalue weighted by molar-refractivity contribution is -0.131. The standard InChI is InChI=1S/C14H19N3O5S2/c1-14(15-2)12(16-17(3)13(14)18)9-6-7-10(23(4,19)20)11(8-9)24(5,21)22/h6-8,15H,1-5H3. The van der Waals surface area contributed by atoms with E-state index in [0.717, 1.165) is 17.5 Å². The molecule has 1 aromatic rings. The van der Waals surface area contributed by atoms with E-state index in [1.165, 1.54) is 25.2 Å². The average Bonchev–Trinajstić information content (AvgIpc) is 2.70. The Hall–Kier alpha value is -1.78. The summed E-state index contributed by atoms with van der Waals surface area (Å²) in [5.41, 5.74) is -0.448. The van der Waals surface area contributed by atoms with E-state index < -0.39 is 25.2 Å². The second-order valence-electron chi connectivity index (χ2n) is 5.86. The van der Waals surface area contributed by atoms with Gasteiger partial charge in [-0.2, -0.15) is 5.10 Å². The predicted octanol–water partition coefficient (Wildman–Crippen LogP) is -0.352. The van der Waals surface area contributed by atoms with Gasteiger partial charge in [0, 0.05) is 25.1 Å². The van der Waals surface area contributed by atoms with E-state index in [2.05, 4.69) is 10.4 Å². The monoisotopic (exact) mass is 373 g/mol. The highest BCUT2D eigenvalue weighted by Gasteiger charge is 2.45. The van der Waals surface area contributed by atoms with Gasteiger partial charge >= 0.3 is 0 Å². The molecule has 0 aromatic heterocycles. The summed E-state index contributed by atoms with van der Waals surface area (Å²) in [6, 6.07) is 3.92. The van der Waals surface area contributed by atoms with Crippen LogP contribution in [0.3, 0.4) is 0 Å². The third kappa shape index (κ3) is 2.96. The van der Waals surface area contributed by atoms with Gasteiger partial charge < -0.3 is 5.32 Å². The Kier molecular flexibility index (Phi) is 4.36. The topological polar surface area (TPSA) is 113 Å². The minimum atomic E-state index is -3.79. The van der Waals surface area contributed by atoms with Gasteiger partial charge in [0.15, 0.2) is 19.7 Å². The first kappa shape index (κ1) is 18.6. The van der Waals surface area contributed by atoms with Crippen LogP contribution in [0.1, 0.15) is 12.5 Å². The van der Waals surface area contributed by atoms with Crippen molar-refractivity contribution in [3.8, 4) is 0 Å². The molecule has 1 aromatic carbocycles. The molecule has 0 saturated carbocycles. The average molecular weight is 373 g/mol. The summed E-state index contributed by atoms with van der Waals surface area (Å²) in [6.45, 7) is 1.63. The lowest BCUT2D eigenvalue weighted by atomic mass is 9.90. The number of carbonyl (C=O) groups is 1. The number of amides is 1. The fraction of sp³-hybridized carbons (Fsp3) is 0.429. The van der Waals surface area contributed by atoms with Crippen molar-refractivity contribution in [3.63, 3.8) is 0 Å². The zero-order valence-corrected chi connectivity index (χ0v) is 15.6. The highest BCUT2D eigenvalue weighted by atomic mass is 32.2. The number of sulfone groups is 2. The Labute approximate surface area is 141 Å². The third-order valence-corrected chi connectivity index (χ3v) is 6.38. The first-order chi connectivity index (χ1) is 10.8. The molecular formula is C14H19N3O5S2. The van der Waals surface area contributed by atoms with Crippen LogP contribution in [0.25, 0.3) is 0 Å². The van der Waals surface area contributed by atoms with Crippen molar-refractivity contribution in [1.29, 1.82) is 0 Å². The Morgan fingerprint density at radius 3 is 2.08 bits per heavy atom. The van der Waals surface area contributed by atoms with Crippen molar-refractivity contribution < 1.29 is 21.6 Å². The van der Waals surface area contributed by atoms with Crippen molar-refractivity contribution in [3.05, 3.63) is 23.8 Å². The lowest BCUT2D eigenvalue weighted by Crippen LogP contribution is -2.53. The van der Waals surface area contributed by atoms with Crippen LogP contribution < -0.4 is 5.32 Å². The summed E-state index contributed by atoms with van der Waals surface area (Å²) in [7, 11) is -4.43. The summed E-state index contributed by atoms with van der Waals surface area (Å²) in [4.78, 5) is 11.7. The van der Waals surface area contributed by atoms with Gasteiger partial charge in [-0.15, -0.1) is 0 Å². The molecule has 1 aliphatic rings. The van der Waals surface area contributed by atoms with Crippen molar-refractivity contribution >= 4 is 31.3 Å². The maximum absolute atomic E-state index is 12.3. The van der Waals surface area contributed by atoms with E-state index in [1.807, 2.05) is 0 Å². The van der Waals surface area contributed by atoms with Gasteiger partial charge in [-0.25, -0.2) is 21.8 Å². The smallest absolute Gasteiger partial charge is 0.268 e. The number of carbonyl (C=O) groups excluding carboxylic acids is 1. The van der Waals surface area contributed by atoms with E-state index in [1.54, 1.807) is 14.0 Å². The van der Waals surface area contributed by atoms with Crippen LogP contribution in [0.5, 0.6) is 0 Å². The summed E-state index contributed by atoms with van der Waals surface area (Å²) in [5.74, 6) is -0.298. The number of nitrogens with one attached hydrogen (secondary N) is 1. The van der Waals surface area contributed by atoms with E-state index >= 15 is 0 Å². The Balaban J connectivity index is 2.75. The number of benzene rings is 1. The number of hydrogen-bond donors (Lipinski definition) is 1. The minimum Gasteiger partial charge on any atom is -0.301 e. The molecule has 1 unspecified atom stereocenters. The minimum absolute atomic E-state index is 0.279. The van der Waals surface area contributed by atoms with Crippen LogP contribution in [0.15, 0.2) is 33.1 Å². The summed E-state index contributed by atoms with van der Waals surface area (Å²) >= 11 is 0. The van der Waals surface area contributed by atoms with Crippen LogP contribution >= 0.6 is 0 Å². The van der Waals surface area contributed by atoms with Crippen LogP contribution in [0.2, 0.25) is 0 Å². The molecule has 0 spiro atoms. The third-order valence-electron chi connectivity index (χ3n) is 3.96. The van der Waals surface area contributed by atoms with Gasteiger partial charge in [-0.05, 0) is 26.1 Å². The predicted molar refractivity (Wildman–Crippen MR) is 89.4 cm³/mol. The number of rotatable bonds is 4. The first-order valence-corrected chi connectivity index (χ1v) is 10.7. The number of hydrogen-bond acceptors (Lipinski definition) is 7. The van der Waals surface area contributed by atoms with Gasteiger partial charge in [-0.3, -0.25) is 4.79 Å². The van der Waals surface area contributed by atoms with Crippen LogP contribution in [-0.2, 0) is 24.5 Å². The van der Waals surface area contributed by atoms with Gasteiger partial charge in [0.1, 0.15) is 5.54 Å². The molecular weight excluding hydrogens is 354 g/mol. The molecule has 1 aliphatic heterocycles. The molecule has 0 radical (unpaired) electrons. The zero-order chi connectivity index (χ0) is 18.5. The summed E-state index contributed by atoms with van der Waals surface area (Å²) in [5, 5.41) is 8.22. The molecule has 24 heavy (non-hydrogen) atoms. The molecule has 8 nitrogen and oxygen atoms in total. The Bertz CT molecular complexity index is 951. The highest BCUT2D eigenvalue weighted by Crippen LogP contribution is 2.28. The number of likely N-dealkylation sites (N-methyl/N-ethyl adjacent to an activating group) is 2. The molecule has 0 bridgehead atoms. The molecule has 0 aliphatic carbocycles. The SMILES string of the molecule is CNC1(C)C(=O)N(C)N=C1c1ccc(S(C)(=O)=O)c(S(C)(=O)=O)c1. The maximum Gasteiger partial charge on any atom is 0.268 e. The second-order valence-corrected chi connectivity index (χ2v) is 9.83. The first-order valence-electron chi connectivity index (χ1n) is 6.93. The molecule has 132 valence electrons. The van der Waals surface area contributed by atoms with Gasteiger partial charge in [-0.1, -0.05) is 6.07 Å². The largest absolute Gasteiger partial charge is 0.301 e. The fourth-order valence-corrected chi connectivity index (χ4v) is 4.97. The van der Waals surface area contributed by atoms with Crippen molar-refractivity contribution in [1.82, 2.24) is 10.3 Å². The van der Waals surface area contributed by atoms with Gasteiger partial charge in [0.2, 0.25) is 0 Å². The van der Waals surface area contributed by atoms with Crippen molar-refractivity contribution in [2.75, 3.05) is 26.6 Å². The van der Waals surface area contributed by atoms with E-state index in [4.69, 9.17) is 0 Å². The second kappa shape index (κ2) is 5.64. The number of hydrazone groups is 1. The van der Waals surface area contributed by atoms with Crippen LogP contribution in [0.4, 0.5) is 0 Å². The van der Waals surface area contributed by atoms with E-state index in [-0.39, 0.29) is 15.7 Å². The quantitative estimate of drug-likeness (QED) is 0.772. The molecule has 0 saturated heterocycles. The fourth-order valence-electron chi connectivity index (χ4n) is 2.54. The lowest BCUT2D eigenvalue weighted by Gasteiger charge is -2.23. The van der Waals surface area contributed by atoms with Crippen LogP contribution in [-0.4, -0.2) is 65.6 Å². The summed E-state index contributed by atoms with van der Waals surface area (Å²) in [6.07, 6.45) is 1.88. The van der Waals surface area contributed by atoms with Crippen molar-refractivity contribution in [2.45, 2.75) is 22.3 Å². The Morgan fingerprint density at radius 2 is 1.62 bits per heavy atom. The highest BCUT2D eigenvalue weighted by molar-refractivity contribution is 7.93. The zero-order valence-electron chi connectivity index (χ0n) is 14.0. The van der Waals surface area contributed by atoms with E-state index in [0.29, 0.717) is 11.3 Å². The molecule has 10 heteroatoms. The molecule has 2 rings (SSSR count). The number of nitrogens with zero attached hydrogens (tertiary/aromatic N) is 2. The van der Waals surface area contributed by atoms with Crippen molar-refractivity contribution in [2.24, 2.45) is 5.10 Å². The molecule has 1 amide bonds. The van der Waals surface area contributed by atoms with Gasteiger partial charge in [0.05, 0.1) is 15.5 Å². The Morgan fingerprint density at radius 1 is 1.08 bits per heavy atom. The van der Waals surface area contributed by atoms with E-state index in [9.17, 15) is 21.6 Å². The normalized spacial score (nSPS) is 22.0.